The van der Waals surface area contributed by atoms with Crippen molar-refractivity contribution in [2.24, 2.45) is 5.10 Å². The van der Waals surface area contributed by atoms with Gasteiger partial charge in [-0.3, -0.25) is 20.0 Å². The summed E-state index contributed by atoms with van der Waals surface area (Å²) in [6.07, 6.45) is 1.79. The van der Waals surface area contributed by atoms with Crippen LogP contribution < -0.4 is 15.1 Å². The van der Waals surface area contributed by atoms with E-state index in [1.807, 2.05) is 34.5 Å². The molecule has 0 spiro atoms. The highest BCUT2D eigenvalue weighted by Crippen LogP contribution is 2.38. The summed E-state index contributed by atoms with van der Waals surface area (Å²) in [5.74, 6) is 1.73. The summed E-state index contributed by atoms with van der Waals surface area (Å²) in [6.45, 7) is 2.86. The minimum absolute atomic E-state index is 0.0939. The lowest BCUT2D eigenvalue weighted by atomic mass is 10.2. The average molecular weight is 403 g/mol. The molecule has 2 aliphatic heterocycles. The number of rotatable bonds is 6. The van der Waals surface area contributed by atoms with Gasteiger partial charge in [0.2, 0.25) is 6.29 Å². The third-order valence-electron chi connectivity index (χ3n) is 4.64. The summed E-state index contributed by atoms with van der Waals surface area (Å²) in [4.78, 5) is 17.7. The largest absolute Gasteiger partial charge is 0.497 e. The summed E-state index contributed by atoms with van der Waals surface area (Å²) < 4.78 is 5.31. The summed E-state index contributed by atoms with van der Waals surface area (Å²) in [7, 11) is 1.68. The molecule has 4 rings (SSSR count). The summed E-state index contributed by atoms with van der Waals surface area (Å²) in [5, 5.41) is 7.41. The van der Waals surface area contributed by atoms with Crippen molar-refractivity contribution < 1.29 is 9.53 Å². The Labute approximate surface area is 167 Å². The van der Waals surface area contributed by atoms with Gasteiger partial charge in [0.15, 0.2) is 5.17 Å². The number of fused-ring (bicyclic) bond motifs is 3. The molecule has 1 unspecified atom stereocenters. The van der Waals surface area contributed by atoms with Gasteiger partial charge in [-0.05, 0) is 35.6 Å². The van der Waals surface area contributed by atoms with Gasteiger partial charge in [0.1, 0.15) is 10.6 Å². The zero-order valence-electron chi connectivity index (χ0n) is 15.3. The first-order valence-electron chi connectivity index (χ1n) is 8.99. The Hall–Kier alpha value is -2.19. The van der Waals surface area contributed by atoms with Gasteiger partial charge in [-0.2, -0.15) is 5.10 Å². The number of anilines is 1. The first-order chi connectivity index (χ1) is 13.2. The molecular formula is C19H22N4O2S2. The average Bonchev–Trinajstić information content (AvgIpc) is 3.33. The molecule has 0 saturated carbocycles. The van der Waals surface area contributed by atoms with Gasteiger partial charge < -0.3 is 4.74 Å². The second-order valence-electron chi connectivity index (χ2n) is 6.39. The van der Waals surface area contributed by atoms with Gasteiger partial charge in [-0.1, -0.05) is 37.2 Å². The fraction of sp³-hybridized carbons (Fsp3) is 0.368. The van der Waals surface area contributed by atoms with Crippen LogP contribution in [0.2, 0.25) is 0 Å². The van der Waals surface area contributed by atoms with Crippen molar-refractivity contribution in [2.45, 2.75) is 31.8 Å². The number of unbranched alkanes of at least 4 members (excludes halogenated alkanes) is 1. The number of hydrazone groups is 1. The summed E-state index contributed by atoms with van der Waals surface area (Å²) in [5.41, 5.74) is 5.29. The van der Waals surface area contributed by atoms with Crippen molar-refractivity contribution >= 4 is 39.9 Å². The van der Waals surface area contributed by atoms with Crippen molar-refractivity contribution in [3.63, 3.8) is 0 Å². The number of hydrogen-bond acceptors (Lipinski definition) is 7. The number of amidine groups is 1. The zero-order valence-corrected chi connectivity index (χ0v) is 17.0. The number of benzene rings is 1. The molecule has 3 heterocycles. The van der Waals surface area contributed by atoms with Crippen LogP contribution in [0.25, 0.3) is 0 Å². The van der Waals surface area contributed by atoms with Crippen LogP contribution in [-0.4, -0.2) is 35.9 Å². The van der Waals surface area contributed by atoms with E-state index in [4.69, 9.17) is 4.74 Å². The Balaban J connectivity index is 1.54. The predicted molar refractivity (Wildman–Crippen MR) is 111 cm³/mol. The Bertz CT molecular complexity index is 867. The number of thioether (sulfide) groups is 1. The fourth-order valence-corrected chi connectivity index (χ4v) is 5.00. The van der Waals surface area contributed by atoms with Crippen LogP contribution in [0.15, 0.2) is 40.8 Å². The number of thiophene rings is 1. The number of amides is 1. The van der Waals surface area contributed by atoms with E-state index in [2.05, 4.69) is 28.4 Å². The lowest BCUT2D eigenvalue weighted by molar-refractivity contribution is 0.0644. The number of carbonyl (C=O) groups is 1. The molecule has 27 heavy (non-hydrogen) atoms. The van der Waals surface area contributed by atoms with E-state index < -0.39 is 0 Å². The van der Waals surface area contributed by atoms with E-state index in [0.29, 0.717) is 0 Å². The van der Waals surface area contributed by atoms with E-state index in [1.54, 1.807) is 18.9 Å². The van der Waals surface area contributed by atoms with Crippen molar-refractivity contribution in [1.29, 1.82) is 0 Å². The molecule has 1 aromatic heterocycles. The lowest BCUT2D eigenvalue weighted by Gasteiger charge is -2.39. The summed E-state index contributed by atoms with van der Waals surface area (Å²) in [6, 6.07) is 10.1. The molecule has 2 aromatic rings. The number of methoxy groups -OCH3 is 1. The number of ether oxygens (including phenoxy) is 1. The van der Waals surface area contributed by atoms with Crippen molar-refractivity contribution in [3.8, 4) is 5.75 Å². The van der Waals surface area contributed by atoms with Crippen molar-refractivity contribution in [2.75, 3.05) is 18.6 Å². The van der Waals surface area contributed by atoms with E-state index in [9.17, 15) is 4.79 Å². The van der Waals surface area contributed by atoms with Crippen LogP contribution in [0.4, 0.5) is 5.69 Å². The maximum absolute atomic E-state index is 12.9. The molecular weight excluding hydrogens is 380 g/mol. The van der Waals surface area contributed by atoms with Crippen LogP contribution >= 0.6 is 23.1 Å². The van der Waals surface area contributed by atoms with Crippen LogP contribution in [0.5, 0.6) is 5.75 Å². The van der Waals surface area contributed by atoms with Gasteiger partial charge in [-0.15, -0.1) is 11.3 Å². The Kier molecular flexibility index (Phi) is 5.27. The smallest absolute Gasteiger partial charge is 0.269 e. The zero-order chi connectivity index (χ0) is 18.8. The lowest BCUT2D eigenvalue weighted by Crippen LogP contribution is -2.58. The van der Waals surface area contributed by atoms with E-state index in [0.717, 1.165) is 46.6 Å². The topological polar surface area (TPSA) is 57.2 Å². The van der Waals surface area contributed by atoms with Crippen LogP contribution in [-0.2, 0) is 5.75 Å². The fourth-order valence-electron chi connectivity index (χ4n) is 3.23. The molecule has 0 radical (unpaired) electrons. The monoisotopic (exact) mass is 402 g/mol. The standard InChI is InChI=1S/C19H22N4O2S2/c1-3-4-9-22-17(24)16-15(8-10-26-16)23-18(22)20-21-19(23)27-12-13-6-5-7-14(11-13)25-2/h5-8,10-11,18,20H,3-4,9,12H2,1-2H3. The summed E-state index contributed by atoms with van der Waals surface area (Å²) >= 11 is 3.16. The molecule has 8 heteroatoms. The maximum Gasteiger partial charge on any atom is 0.269 e. The first-order valence-corrected chi connectivity index (χ1v) is 10.9. The first kappa shape index (κ1) is 18.2. The van der Waals surface area contributed by atoms with E-state index >= 15 is 0 Å². The van der Waals surface area contributed by atoms with E-state index in [-0.39, 0.29) is 12.2 Å². The maximum atomic E-state index is 12.9. The van der Waals surface area contributed by atoms with Crippen molar-refractivity contribution in [3.05, 3.63) is 46.2 Å². The van der Waals surface area contributed by atoms with Gasteiger partial charge in [0.25, 0.3) is 5.91 Å². The van der Waals surface area contributed by atoms with Gasteiger partial charge in [-0.25, -0.2) is 0 Å². The van der Waals surface area contributed by atoms with Gasteiger partial charge in [0, 0.05) is 12.3 Å². The normalized spacial score (nSPS) is 18.1. The highest BCUT2D eigenvalue weighted by atomic mass is 32.2. The molecule has 0 saturated heterocycles. The molecule has 6 nitrogen and oxygen atoms in total. The molecule has 1 amide bonds. The third-order valence-corrected chi connectivity index (χ3v) is 6.55. The van der Waals surface area contributed by atoms with Crippen LogP contribution in [0.3, 0.4) is 0 Å². The van der Waals surface area contributed by atoms with Crippen LogP contribution in [0, 0.1) is 0 Å². The predicted octanol–water partition coefficient (Wildman–Crippen LogP) is 3.91. The van der Waals surface area contributed by atoms with Crippen molar-refractivity contribution in [1.82, 2.24) is 10.3 Å². The second kappa shape index (κ2) is 7.82. The molecule has 1 N–H and O–H groups in total. The minimum atomic E-state index is -0.237. The minimum Gasteiger partial charge on any atom is -0.497 e. The highest BCUT2D eigenvalue weighted by molar-refractivity contribution is 8.13. The SMILES string of the molecule is CCCCN1C(=O)c2sccc2N2C(SCc3cccc(OC)c3)=NNC12. The number of hydrogen-bond donors (Lipinski definition) is 1. The van der Waals surface area contributed by atoms with Gasteiger partial charge in [0.05, 0.1) is 12.8 Å². The number of nitrogens with one attached hydrogen (secondary N) is 1. The molecule has 0 bridgehead atoms. The molecule has 0 fully saturated rings. The third kappa shape index (κ3) is 3.39. The molecule has 2 aliphatic rings. The highest BCUT2D eigenvalue weighted by Gasteiger charge is 2.43. The molecule has 142 valence electrons. The Morgan fingerprint density at radius 2 is 2.26 bits per heavy atom. The Morgan fingerprint density at radius 3 is 3.07 bits per heavy atom. The van der Waals surface area contributed by atoms with Crippen LogP contribution in [0.1, 0.15) is 35.0 Å². The van der Waals surface area contributed by atoms with Gasteiger partial charge >= 0.3 is 0 Å². The molecule has 1 aromatic carbocycles. The molecule has 1 atom stereocenters. The number of nitrogens with zero attached hydrogens (tertiary/aromatic N) is 3. The number of carbonyl (C=O) groups excluding carboxylic acids is 1. The molecule has 0 aliphatic carbocycles. The Morgan fingerprint density at radius 1 is 1.37 bits per heavy atom. The quantitative estimate of drug-likeness (QED) is 0.794. The second-order valence-corrected chi connectivity index (χ2v) is 8.25. The van der Waals surface area contributed by atoms with E-state index in [1.165, 1.54) is 16.9 Å².